The Kier molecular flexibility index (Phi) is 3.93. The van der Waals surface area contributed by atoms with Gasteiger partial charge in [-0.3, -0.25) is 4.99 Å². The molecule has 2 rings (SSSR count). The van der Waals surface area contributed by atoms with Gasteiger partial charge in [0.05, 0.1) is 0 Å². The van der Waals surface area contributed by atoms with Crippen molar-refractivity contribution in [1.82, 2.24) is 0 Å². The van der Waals surface area contributed by atoms with E-state index >= 15 is 0 Å². The third-order valence-electron chi connectivity index (χ3n) is 3.20. The molecule has 2 aromatic carbocycles. The first-order valence-electron chi connectivity index (χ1n) is 6.40. The van der Waals surface area contributed by atoms with E-state index in [-0.39, 0.29) is 0 Å². The minimum absolute atomic E-state index is 1.00. The zero-order valence-electron chi connectivity index (χ0n) is 11.3. The minimum Gasteiger partial charge on any atom is -0.266 e. The Morgan fingerprint density at radius 3 is 2.50 bits per heavy atom. The second-order valence-electron chi connectivity index (χ2n) is 4.59. The van der Waals surface area contributed by atoms with Gasteiger partial charge < -0.3 is 0 Å². The quantitative estimate of drug-likeness (QED) is 0.661. The fourth-order valence-electron chi connectivity index (χ4n) is 1.81. The summed E-state index contributed by atoms with van der Waals surface area (Å²) in [7, 11) is 0. The average Bonchev–Trinajstić information content (AvgIpc) is 2.43. The molecule has 0 fully saturated rings. The van der Waals surface area contributed by atoms with E-state index in [0.717, 1.165) is 12.1 Å². The molecule has 1 heteroatoms. The summed E-state index contributed by atoms with van der Waals surface area (Å²) in [5.41, 5.74) is 3.60. The number of aliphatic imine (C=N–C) groups is 1. The van der Waals surface area contributed by atoms with Crippen molar-refractivity contribution in [3.63, 3.8) is 0 Å². The Balaban J connectivity index is 2.36. The zero-order chi connectivity index (χ0) is 13.0. The lowest BCUT2D eigenvalue weighted by Gasteiger charge is -2.03. The molecule has 0 atom stereocenters. The maximum absolute atomic E-state index is 4.45. The largest absolute Gasteiger partial charge is 0.266 e. The molecule has 0 saturated heterocycles. The summed E-state index contributed by atoms with van der Waals surface area (Å²) in [6, 6.07) is 15.0. The van der Waals surface area contributed by atoms with Gasteiger partial charge in [-0.2, -0.15) is 0 Å². The maximum atomic E-state index is 4.45. The first-order chi connectivity index (χ1) is 8.70. The highest BCUT2D eigenvalue weighted by molar-refractivity contribution is 5.87. The summed E-state index contributed by atoms with van der Waals surface area (Å²) in [5.74, 6) is 0. The summed E-state index contributed by atoms with van der Waals surface area (Å²) in [5, 5.41) is 2.56. The number of nitrogens with zero attached hydrogens (tertiary/aromatic N) is 1. The number of fused-ring (bicyclic) bond motifs is 1. The SMILES string of the molecule is CCC(C)=N/C=C(\C)c1ccc2ccccc2c1. The molecule has 0 heterocycles. The predicted octanol–water partition coefficient (Wildman–Crippen LogP) is 5.07. The zero-order valence-corrected chi connectivity index (χ0v) is 11.3. The number of hydrogen-bond acceptors (Lipinski definition) is 1. The van der Waals surface area contributed by atoms with Gasteiger partial charge in [-0.05, 0) is 48.2 Å². The molecule has 0 N–H and O–H groups in total. The van der Waals surface area contributed by atoms with Crippen LogP contribution in [0, 0.1) is 0 Å². The van der Waals surface area contributed by atoms with E-state index < -0.39 is 0 Å². The normalized spacial score (nSPS) is 13.1. The van der Waals surface area contributed by atoms with Crippen LogP contribution in [0.25, 0.3) is 16.3 Å². The third-order valence-corrected chi connectivity index (χ3v) is 3.20. The lowest BCUT2D eigenvalue weighted by atomic mass is 10.0. The molecule has 92 valence electrons. The molecular formula is C17H19N. The van der Waals surface area contributed by atoms with E-state index in [1.807, 2.05) is 6.20 Å². The van der Waals surface area contributed by atoms with Crippen LogP contribution in [0.2, 0.25) is 0 Å². The highest BCUT2D eigenvalue weighted by Crippen LogP contribution is 2.20. The molecule has 0 unspecified atom stereocenters. The molecule has 1 nitrogen and oxygen atoms in total. The fourth-order valence-corrected chi connectivity index (χ4v) is 1.81. The Morgan fingerprint density at radius 1 is 1.06 bits per heavy atom. The van der Waals surface area contributed by atoms with Crippen LogP contribution < -0.4 is 0 Å². The molecule has 0 aromatic heterocycles. The van der Waals surface area contributed by atoms with E-state index in [4.69, 9.17) is 0 Å². The van der Waals surface area contributed by atoms with Gasteiger partial charge in [0.25, 0.3) is 0 Å². The summed E-state index contributed by atoms with van der Waals surface area (Å²) in [6.07, 6.45) is 2.96. The Bertz CT molecular complexity index is 606. The smallest absolute Gasteiger partial charge is 0.0302 e. The van der Waals surface area contributed by atoms with Gasteiger partial charge in [0.1, 0.15) is 0 Å². The molecular weight excluding hydrogens is 218 g/mol. The molecule has 0 aliphatic carbocycles. The maximum Gasteiger partial charge on any atom is 0.0302 e. The first-order valence-corrected chi connectivity index (χ1v) is 6.40. The van der Waals surface area contributed by atoms with Crippen molar-refractivity contribution in [2.45, 2.75) is 27.2 Å². The van der Waals surface area contributed by atoms with E-state index in [9.17, 15) is 0 Å². The lowest BCUT2D eigenvalue weighted by Crippen LogP contribution is -1.85. The van der Waals surface area contributed by atoms with Crippen LogP contribution in [0.5, 0.6) is 0 Å². The van der Waals surface area contributed by atoms with Gasteiger partial charge in [0, 0.05) is 11.9 Å². The Morgan fingerprint density at radius 2 is 1.78 bits per heavy atom. The van der Waals surface area contributed by atoms with Crippen molar-refractivity contribution in [3.8, 4) is 0 Å². The molecule has 0 bridgehead atoms. The van der Waals surface area contributed by atoms with Crippen LogP contribution in [0.1, 0.15) is 32.8 Å². The summed E-state index contributed by atoms with van der Waals surface area (Å²) in [6.45, 7) is 6.29. The van der Waals surface area contributed by atoms with E-state index in [1.54, 1.807) is 0 Å². The van der Waals surface area contributed by atoms with Crippen molar-refractivity contribution < 1.29 is 0 Å². The summed E-state index contributed by atoms with van der Waals surface area (Å²) >= 11 is 0. The van der Waals surface area contributed by atoms with Crippen LogP contribution in [0.3, 0.4) is 0 Å². The Labute approximate surface area is 109 Å². The first kappa shape index (κ1) is 12.6. The van der Waals surface area contributed by atoms with Crippen molar-refractivity contribution >= 4 is 22.1 Å². The van der Waals surface area contributed by atoms with Crippen molar-refractivity contribution in [1.29, 1.82) is 0 Å². The monoisotopic (exact) mass is 237 g/mol. The third kappa shape index (κ3) is 2.86. The molecule has 0 radical (unpaired) electrons. The van der Waals surface area contributed by atoms with E-state index in [0.29, 0.717) is 0 Å². The molecule has 0 aliphatic heterocycles. The van der Waals surface area contributed by atoms with Gasteiger partial charge >= 0.3 is 0 Å². The number of benzene rings is 2. The van der Waals surface area contributed by atoms with Gasteiger partial charge in [-0.1, -0.05) is 43.3 Å². The highest BCUT2D eigenvalue weighted by atomic mass is 14.7. The molecule has 0 aliphatic rings. The van der Waals surface area contributed by atoms with Crippen molar-refractivity contribution in [2.24, 2.45) is 4.99 Å². The summed E-state index contributed by atoms with van der Waals surface area (Å²) < 4.78 is 0. The van der Waals surface area contributed by atoms with E-state index in [1.165, 1.54) is 21.9 Å². The Hall–Kier alpha value is -1.89. The van der Waals surface area contributed by atoms with Gasteiger partial charge in [-0.25, -0.2) is 0 Å². The predicted molar refractivity (Wildman–Crippen MR) is 81.0 cm³/mol. The summed E-state index contributed by atoms with van der Waals surface area (Å²) in [4.78, 5) is 4.45. The van der Waals surface area contributed by atoms with Crippen LogP contribution >= 0.6 is 0 Å². The van der Waals surface area contributed by atoms with Crippen LogP contribution in [-0.4, -0.2) is 5.71 Å². The van der Waals surface area contributed by atoms with Crippen molar-refractivity contribution in [2.75, 3.05) is 0 Å². The molecule has 18 heavy (non-hydrogen) atoms. The van der Waals surface area contributed by atoms with Crippen molar-refractivity contribution in [3.05, 3.63) is 54.2 Å². The van der Waals surface area contributed by atoms with E-state index in [2.05, 4.69) is 68.2 Å². The molecule has 0 spiro atoms. The topological polar surface area (TPSA) is 12.4 Å². The standard InChI is InChI=1S/C17H19N/c1-4-14(3)18-12-13(2)16-10-9-15-7-5-6-8-17(15)11-16/h5-12H,4H2,1-3H3/b13-12+,18-14?. The molecule has 2 aromatic rings. The lowest BCUT2D eigenvalue weighted by molar-refractivity contribution is 1.25. The highest BCUT2D eigenvalue weighted by Gasteiger charge is 1.97. The van der Waals surface area contributed by atoms with Gasteiger partial charge in [-0.15, -0.1) is 0 Å². The second kappa shape index (κ2) is 5.63. The van der Waals surface area contributed by atoms with Crippen LogP contribution in [-0.2, 0) is 0 Å². The average molecular weight is 237 g/mol. The minimum atomic E-state index is 1.00. The second-order valence-corrected chi connectivity index (χ2v) is 4.59. The molecule has 0 saturated carbocycles. The van der Waals surface area contributed by atoms with Crippen LogP contribution in [0.4, 0.5) is 0 Å². The van der Waals surface area contributed by atoms with Gasteiger partial charge in [0.15, 0.2) is 0 Å². The van der Waals surface area contributed by atoms with Gasteiger partial charge in [0.2, 0.25) is 0 Å². The number of hydrogen-bond donors (Lipinski definition) is 0. The number of allylic oxidation sites excluding steroid dienone is 1. The van der Waals surface area contributed by atoms with Crippen LogP contribution in [0.15, 0.2) is 53.7 Å². The number of rotatable bonds is 3. The fraction of sp³-hybridized carbons (Fsp3) is 0.235. The molecule has 0 amide bonds.